The zero-order chi connectivity index (χ0) is 24.7. The number of nitrogens with one attached hydrogen (secondary N) is 3. The molecule has 0 heterocycles. The molecule has 1 atom stereocenters. The summed E-state index contributed by atoms with van der Waals surface area (Å²) in [5, 5.41) is 19.2. The van der Waals surface area contributed by atoms with Crippen molar-refractivity contribution in [2.75, 3.05) is 24.7 Å². The predicted octanol–water partition coefficient (Wildman–Crippen LogP) is 2.71. The third kappa shape index (κ3) is 5.91. The Bertz CT molecular complexity index is 1050. The molecule has 4 N–H and O–H groups in total. The number of amides is 2. The number of rotatable bonds is 12. The molecule has 0 aromatic heterocycles. The molecule has 2 aromatic carbocycles. The molecule has 0 bridgehead atoms. The van der Waals surface area contributed by atoms with E-state index in [-0.39, 0.29) is 40.3 Å². The highest BCUT2D eigenvalue weighted by molar-refractivity contribution is 5.99. The van der Waals surface area contributed by atoms with Crippen molar-refractivity contribution in [3.8, 4) is 5.75 Å². The topological polar surface area (TPSA) is 128 Å². The van der Waals surface area contributed by atoms with Gasteiger partial charge in [-0.15, -0.1) is 0 Å². The van der Waals surface area contributed by atoms with Crippen LogP contribution in [0.3, 0.4) is 0 Å². The highest BCUT2D eigenvalue weighted by Gasteiger charge is 2.28. The van der Waals surface area contributed by atoms with E-state index in [1.54, 1.807) is 20.2 Å². The van der Waals surface area contributed by atoms with Crippen LogP contribution >= 0.6 is 0 Å². The summed E-state index contributed by atoms with van der Waals surface area (Å²) in [5.74, 6) is -0.970. The normalized spacial score (nSPS) is 11.9. The van der Waals surface area contributed by atoms with Gasteiger partial charge in [0, 0.05) is 20.1 Å². The average molecular weight is 459 g/mol. The van der Waals surface area contributed by atoms with Crippen LogP contribution in [0.1, 0.15) is 63.2 Å². The number of nitrogens with zero attached hydrogens (tertiary/aromatic N) is 1. The van der Waals surface area contributed by atoms with E-state index in [0.717, 1.165) is 25.7 Å². The van der Waals surface area contributed by atoms with E-state index in [0.29, 0.717) is 6.42 Å². The number of phenols is 1. The first-order chi connectivity index (χ1) is 15.7. The molecule has 0 radical (unpaired) electrons. The Labute approximate surface area is 193 Å². The van der Waals surface area contributed by atoms with Crippen molar-refractivity contribution in [1.29, 1.82) is 0 Å². The molecule has 2 aromatic rings. The fourth-order valence-electron chi connectivity index (χ4n) is 3.66. The second kappa shape index (κ2) is 11.5. The number of carbonyl (C=O) groups excluding carboxylic acids is 2. The lowest BCUT2D eigenvalue weighted by atomic mass is 10.0. The number of hydrogen-bond acceptors (Lipinski definition) is 7. The minimum absolute atomic E-state index is 0.00623. The molecule has 0 aliphatic rings. The van der Waals surface area contributed by atoms with Crippen molar-refractivity contribution in [2.45, 2.75) is 65.0 Å². The highest BCUT2D eigenvalue weighted by Crippen LogP contribution is 2.32. The maximum Gasteiger partial charge on any atom is 0.257 e. The van der Waals surface area contributed by atoms with E-state index in [4.69, 9.17) is 0 Å². The van der Waals surface area contributed by atoms with E-state index in [2.05, 4.69) is 29.8 Å². The number of anilines is 3. The molecule has 9 heteroatoms. The average Bonchev–Trinajstić information content (AvgIpc) is 2.79. The lowest BCUT2D eigenvalue weighted by Crippen LogP contribution is -2.47. The number of aromatic hydroxyl groups is 1. The molecule has 2 amide bonds. The zero-order valence-electron chi connectivity index (χ0n) is 19.9. The van der Waals surface area contributed by atoms with Crippen molar-refractivity contribution in [1.82, 2.24) is 10.2 Å². The molecule has 33 heavy (non-hydrogen) atoms. The van der Waals surface area contributed by atoms with Crippen LogP contribution < -0.4 is 26.8 Å². The zero-order valence-corrected chi connectivity index (χ0v) is 19.9. The summed E-state index contributed by atoms with van der Waals surface area (Å²) in [4.78, 5) is 50.9. The van der Waals surface area contributed by atoms with E-state index in [9.17, 15) is 24.3 Å². The van der Waals surface area contributed by atoms with Crippen molar-refractivity contribution in [3.05, 3.63) is 44.2 Å². The van der Waals surface area contributed by atoms with Gasteiger partial charge in [0.15, 0.2) is 5.75 Å². The minimum atomic E-state index is -0.758. The Balaban J connectivity index is 2.24. The number of benzene rings is 1. The van der Waals surface area contributed by atoms with Gasteiger partial charge in [0.05, 0.1) is 11.3 Å². The van der Waals surface area contributed by atoms with E-state index in [1.165, 1.54) is 17.0 Å². The van der Waals surface area contributed by atoms with Crippen LogP contribution in [-0.4, -0.2) is 48.0 Å². The monoisotopic (exact) mass is 458 g/mol. The van der Waals surface area contributed by atoms with Gasteiger partial charge in [-0.3, -0.25) is 19.2 Å². The van der Waals surface area contributed by atoms with Crippen molar-refractivity contribution >= 4 is 28.9 Å². The molecular formula is C24H34N4O5. The van der Waals surface area contributed by atoms with E-state index >= 15 is 0 Å². The summed E-state index contributed by atoms with van der Waals surface area (Å²) in [6.45, 7) is 5.93. The van der Waals surface area contributed by atoms with Gasteiger partial charge in [-0.25, -0.2) is 0 Å². The van der Waals surface area contributed by atoms with Crippen LogP contribution in [0, 0.1) is 0 Å². The van der Waals surface area contributed by atoms with Crippen molar-refractivity contribution in [2.24, 2.45) is 0 Å². The first kappa shape index (κ1) is 25.9. The summed E-state index contributed by atoms with van der Waals surface area (Å²) in [6.07, 6.45) is 4.03. The van der Waals surface area contributed by atoms with Gasteiger partial charge >= 0.3 is 0 Å². The summed E-state index contributed by atoms with van der Waals surface area (Å²) in [7, 11) is 3.12. The maximum atomic E-state index is 12.8. The van der Waals surface area contributed by atoms with Gasteiger partial charge in [-0.05, 0) is 31.4 Å². The van der Waals surface area contributed by atoms with Gasteiger partial charge in [-0.2, -0.15) is 0 Å². The second-order valence-corrected chi connectivity index (χ2v) is 8.32. The Morgan fingerprint density at radius 2 is 1.61 bits per heavy atom. The molecule has 2 rings (SSSR count). The SMILES string of the molecule is CCCC(CCC)NC(=O)[C@@H](CC)Nc1c(Nc2cccc(C(=O)N(C)C)c2O)c(=O)c1=O. The first-order valence-electron chi connectivity index (χ1n) is 11.4. The van der Waals surface area contributed by atoms with Crippen LogP contribution in [0.5, 0.6) is 5.75 Å². The van der Waals surface area contributed by atoms with Crippen LogP contribution in [-0.2, 0) is 4.79 Å². The Morgan fingerprint density at radius 3 is 2.15 bits per heavy atom. The van der Waals surface area contributed by atoms with E-state index < -0.39 is 22.8 Å². The molecule has 0 unspecified atom stereocenters. The number of carbonyl (C=O) groups is 2. The van der Waals surface area contributed by atoms with Crippen LogP contribution in [0.4, 0.5) is 17.1 Å². The summed E-state index contributed by atoms with van der Waals surface area (Å²) >= 11 is 0. The number of phenolic OH excluding ortho intramolecular Hbond substituents is 1. The molecule has 0 saturated heterocycles. The molecular weight excluding hydrogens is 424 g/mol. The van der Waals surface area contributed by atoms with Gasteiger partial charge in [0.2, 0.25) is 5.91 Å². The van der Waals surface area contributed by atoms with E-state index in [1.807, 2.05) is 6.92 Å². The van der Waals surface area contributed by atoms with Gasteiger partial charge in [0.25, 0.3) is 16.8 Å². The van der Waals surface area contributed by atoms with Crippen LogP contribution in [0.15, 0.2) is 27.8 Å². The molecule has 0 spiro atoms. The van der Waals surface area contributed by atoms with Crippen LogP contribution in [0.2, 0.25) is 0 Å². The molecule has 9 nitrogen and oxygen atoms in total. The first-order valence-corrected chi connectivity index (χ1v) is 11.4. The van der Waals surface area contributed by atoms with Crippen LogP contribution in [0.25, 0.3) is 0 Å². The third-order valence-corrected chi connectivity index (χ3v) is 5.51. The molecule has 0 aliphatic carbocycles. The maximum absolute atomic E-state index is 12.8. The summed E-state index contributed by atoms with van der Waals surface area (Å²) < 4.78 is 0. The smallest absolute Gasteiger partial charge is 0.257 e. The van der Waals surface area contributed by atoms with Gasteiger partial charge in [-0.1, -0.05) is 39.7 Å². The Hall–Kier alpha value is -3.36. The molecule has 180 valence electrons. The summed E-state index contributed by atoms with van der Waals surface area (Å²) in [5.41, 5.74) is -1.38. The fraction of sp³-hybridized carbons (Fsp3) is 0.500. The molecule has 0 saturated carbocycles. The number of para-hydroxylation sites is 1. The highest BCUT2D eigenvalue weighted by atomic mass is 16.3. The van der Waals surface area contributed by atoms with Gasteiger partial charge in [0.1, 0.15) is 17.4 Å². The Morgan fingerprint density at radius 1 is 1.00 bits per heavy atom. The molecule has 0 aliphatic heterocycles. The standard InChI is InChI=1S/C24H34N4O5/c1-6-10-14(11-7-2)25-23(32)16(8-3)26-18-19(22(31)21(18)30)27-17-13-9-12-15(20(17)29)24(33)28(4)5/h9,12-14,16,26-27,29H,6-8,10-11H2,1-5H3,(H,25,32)/t16-/m1/s1. The van der Waals surface area contributed by atoms with Crippen molar-refractivity contribution < 1.29 is 14.7 Å². The van der Waals surface area contributed by atoms with Crippen molar-refractivity contribution in [3.63, 3.8) is 0 Å². The minimum Gasteiger partial charge on any atom is -0.505 e. The van der Waals surface area contributed by atoms with Gasteiger partial charge < -0.3 is 26.0 Å². The number of hydrogen-bond donors (Lipinski definition) is 4. The largest absolute Gasteiger partial charge is 0.505 e. The molecule has 0 fully saturated rings. The second-order valence-electron chi connectivity index (χ2n) is 8.32. The predicted molar refractivity (Wildman–Crippen MR) is 130 cm³/mol. The third-order valence-electron chi connectivity index (χ3n) is 5.51. The lowest BCUT2D eigenvalue weighted by molar-refractivity contribution is -0.122. The lowest BCUT2D eigenvalue weighted by Gasteiger charge is -2.24. The summed E-state index contributed by atoms with van der Waals surface area (Å²) in [6, 6.07) is 3.88. The Kier molecular flexibility index (Phi) is 9.02. The fourth-order valence-corrected chi connectivity index (χ4v) is 3.66. The quantitative estimate of drug-likeness (QED) is 0.284.